The van der Waals surface area contributed by atoms with Gasteiger partial charge in [-0.05, 0) is 30.4 Å². The molecule has 1 fully saturated rings. The molecule has 28 heavy (non-hydrogen) atoms. The van der Waals surface area contributed by atoms with E-state index in [1.54, 1.807) is 17.9 Å². The predicted molar refractivity (Wildman–Crippen MR) is 111 cm³/mol. The van der Waals surface area contributed by atoms with Crippen LogP contribution in [-0.4, -0.2) is 35.0 Å². The zero-order chi connectivity index (χ0) is 20.7. The van der Waals surface area contributed by atoms with Crippen molar-refractivity contribution in [2.24, 2.45) is 0 Å². The highest BCUT2D eigenvalue weighted by Crippen LogP contribution is 2.38. The number of carbonyl (C=O) groups is 2. The lowest BCUT2D eigenvalue weighted by molar-refractivity contribution is -0.122. The number of likely N-dealkylation sites (tertiary alicyclic amines) is 1. The van der Waals surface area contributed by atoms with Crippen molar-refractivity contribution in [2.75, 3.05) is 13.2 Å². The van der Waals surface area contributed by atoms with E-state index in [2.05, 4.69) is 20.8 Å². The number of phenols is 1. The Balaban J connectivity index is 2.21. The fourth-order valence-corrected chi connectivity index (χ4v) is 3.92. The van der Waals surface area contributed by atoms with Gasteiger partial charge in [0.2, 0.25) is 0 Å². The predicted octanol–water partition coefficient (Wildman–Crippen LogP) is 5.50. The Kier molecular flexibility index (Phi) is 7.90. The Bertz CT molecular complexity index is 683. The van der Waals surface area contributed by atoms with Crippen molar-refractivity contribution in [3.63, 3.8) is 0 Å². The van der Waals surface area contributed by atoms with Crippen molar-refractivity contribution in [1.82, 2.24) is 4.90 Å². The minimum Gasteiger partial charge on any atom is -0.508 e. The average molecular weight is 390 g/mol. The number of rotatable bonds is 8. The van der Waals surface area contributed by atoms with E-state index in [0.717, 1.165) is 18.4 Å². The number of carbonyl (C=O) groups excluding carboxylic acids is 2. The molecule has 1 aliphatic rings. The number of hydrogen-bond acceptors (Lipinski definition) is 4. The Hall–Kier alpha value is -2.04. The van der Waals surface area contributed by atoms with Crippen molar-refractivity contribution in [1.29, 1.82) is 0 Å². The van der Waals surface area contributed by atoms with Crippen LogP contribution >= 0.6 is 0 Å². The molecule has 2 rings (SSSR count). The first-order chi connectivity index (χ1) is 13.3. The SMILES string of the molecule is CCCCCCC(C)(C)c1ccc(C2CC(=O)CCN2C(=O)OCC)c(O)c1. The van der Waals surface area contributed by atoms with E-state index in [-0.39, 0.29) is 30.0 Å². The minimum absolute atomic E-state index is 0.0348. The molecule has 0 aliphatic carbocycles. The quantitative estimate of drug-likeness (QED) is 0.596. The highest BCUT2D eigenvalue weighted by molar-refractivity contribution is 5.82. The van der Waals surface area contributed by atoms with Crippen molar-refractivity contribution in [2.45, 2.75) is 84.1 Å². The van der Waals surface area contributed by atoms with E-state index < -0.39 is 12.1 Å². The number of ketones is 1. The summed E-state index contributed by atoms with van der Waals surface area (Å²) in [6.45, 7) is 8.97. The number of benzene rings is 1. The van der Waals surface area contributed by atoms with E-state index in [9.17, 15) is 14.7 Å². The number of amides is 1. The standard InChI is InChI=1S/C23H35NO4/c1-5-7-8-9-13-23(3,4)17-10-11-19(21(26)15-17)20-16-18(25)12-14-24(20)22(27)28-6-2/h10-11,15,20,26H,5-9,12-14,16H2,1-4H3. The van der Waals surface area contributed by atoms with Crippen molar-refractivity contribution < 1.29 is 19.4 Å². The van der Waals surface area contributed by atoms with Crippen LogP contribution in [-0.2, 0) is 14.9 Å². The molecule has 5 nitrogen and oxygen atoms in total. The molecule has 1 aliphatic heterocycles. The third-order valence-corrected chi connectivity index (χ3v) is 5.76. The van der Waals surface area contributed by atoms with Gasteiger partial charge in [0.05, 0.1) is 12.6 Å². The van der Waals surface area contributed by atoms with Crippen molar-refractivity contribution in [3.8, 4) is 5.75 Å². The molecular weight excluding hydrogens is 354 g/mol. The second-order valence-electron chi connectivity index (χ2n) is 8.37. The molecule has 1 heterocycles. The zero-order valence-electron chi connectivity index (χ0n) is 17.8. The van der Waals surface area contributed by atoms with E-state index in [0.29, 0.717) is 18.5 Å². The van der Waals surface area contributed by atoms with Crippen LogP contribution < -0.4 is 0 Å². The zero-order valence-corrected chi connectivity index (χ0v) is 17.8. The second-order valence-corrected chi connectivity index (χ2v) is 8.37. The first kappa shape index (κ1) is 22.3. The van der Waals surface area contributed by atoms with Gasteiger partial charge in [-0.2, -0.15) is 0 Å². The van der Waals surface area contributed by atoms with Gasteiger partial charge in [-0.25, -0.2) is 4.79 Å². The summed E-state index contributed by atoms with van der Waals surface area (Å²) >= 11 is 0. The van der Waals surface area contributed by atoms with E-state index in [4.69, 9.17) is 4.74 Å². The maximum absolute atomic E-state index is 12.3. The third-order valence-electron chi connectivity index (χ3n) is 5.76. The smallest absolute Gasteiger partial charge is 0.410 e. The summed E-state index contributed by atoms with van der Waals surface area (Å²) in [5, 5.41) is 10.7. The lowest BCUT2D eigenvalue weighted by Gasteiger charge is -2.35. The molecule has 5 heteroatoms. The maximum atomic E-state index is 12.3. The van der Waals surface area contributed by atoms with E-state index >= 15 is 0 Å². The summed E-state index contributed by atoms with van der Waals surface area (Å²) in [6, 6.07) is 5.23. The van der Waals surface area contributed by atoms with Gasteiger partial charge >= 0.3 is 6.09 Å². The molecule has 0 spiro atoms. The Labute approximate surface area is 169 Å². The molecule has 1 atom stereocenters. The monoisotopic (exact) mass is 389 g/mol. The van der Waals surface area contributed by atoms with Crippen LogP contribution in [0.4, 0.5) is 4.79 Å². The summed E-state index contributed by atoms with van der Waals surface area (Å²) in [5.41, 5.74) is 1.66. The summed E-state index contributed by atoms with van der Waals surface area (Å²) in [7, 11) is 0. The lowest BCUT2D eigenvalue weighted by Crippen LogP contribution is -2.41. The fraction of sp³-hybridized carbons (Fsp3) is 0.652. The molecule has 0 radical (unpaired) electrons. The molecule has 1 N–H and O–H groups in total. The van der Waals surface area contributed by atoms with Gasteiger partial charge < -0.3 is 14.7 Å². The van der Waals surface area contributed by atoms with E-state index in [1.807, 2.05) is 12.1 Å². The Morgan fingerprint density at radius 3 is 2.64 bits per heavy atom. The summed E-state index contributed by atoms with van der Waals surface area (Å²) in [6.07, 6.45) is 6.03. The first-order valence-corrected chi connectivity index (χ1v) is 10.6. The topological polar surface area (TPSA) is 66.8 Å². The number of Topliss-reactive ketones (excluding diaryl/α,β-unsaturated/α-hetero) is 1. The van der Waals surface area contributed by atoms with Crippen LogP contribution in [0.2, 0.25) is 0 Å². The van der Waals surface area contributed by atoms with E-state index in [1.165, 1.54) is 19.3 Å². The largest absolute Gasteiger partial charge is 0.508 e. The number of hydrogen-bond donors (Lipinski definition) is 1. The average Bonchev–Trinajstić information content (AvgIpc) is 2.65. The highest BCUT2D eigenvalue weighted by Gasteiger charge is 2.34. The van der Waals surface area contributed by atoms with Gasteiger partial charge in [0.25, 0.3) is 0 Å². The third kappa shape index (κ3) is 5.49. The van der Waals surface area contributed by atoms with Crippen molar-refractivity contribution >= 4 is 11.9 Å². The molecule has 156 valence electrons. The highest BCUT2D eigenvalue weighted by atomic mass is 16.6. The second kappa shape index (κ2) is 9.94. The van der Waals surface area contributed by atoms with Gasteiger partial charge in [-0.15, -0.1) is 0 Å². The van der Waals surface area contributed by atoms with Gasteiger partial charge in [-0.3, -0.25) is 4.79 Å². The molecular formula is C23H35NO4. The number of unbranched alkanes of at least 4 members (excludes halogenated alkanes) is 3. The molecule has 1 unspecified atom stereocenters. The van der Waals surface area contributed by atoms with Crippen LogP contribution in [0, 0.1) is 0 Å². The maximum Gasteiger partial charge on any atom is 0.410 e. The molecule has 0 bridgehead atoms. The number of ether oxygens (including phenoxy) is 1. The number of nitrogens with zero attached hydrogens (tertiary/aromatic N) is 1. The van der Waals surface area contributed by atoms with Gasteiger partial charge in [0.15, 0.2) is 0 Å². The molecule has 0 aromatic heterocycles. The van der Waals surface area contributed by atoms with Crippen molar-refractivity contribution in [3.05, 3.63) is 29.3 Å². The fourth-order valence-electron chi connectivity index (χ4n) is 3.92. The summed E-state index contributed by atoms with van der Waals surface area (Å²) < 4.78 is 5.14. The van der Waals surface area contributed by atoms with Crippen LogP contribution in [0.1, 0.15) is 89.8 Å². The normalized spacial score (nSPS) is 17.6. The summed E-state index contributed by atoms with van der Waals surface area (Å²) in [4.78, 5) is 25.9. The van der Waals surface area contributed by atoms with Gasteiger partial charge in [0.1, 0.15) is 11.5 Å². The number of aromatic hydroxyl groups is 1. The number of phenolic OH excluding ortho intramolecular Hbond substituents is 1. The molecule has 1 saturated heterocycles. The Morgan fingerprint density at radius 2 is 2.00 bits per heavy atom. The Morgan fingerprint density at radius 1 is 1.25 bits per heavy atom. The van der Waals surface area contributed by atoms with Gasteiger partial charge in [-0.1, -0.05) is 58.6 Å². The van der Waals surface area contributed by atoms with Crippen LogP contribution in [0.25, 0.3) is 0 Å². The molecule has 0 saturated carbocycles. The first-order valence-electron chi connectivity index (χ1n) is 10.6. The van der Waals surface area contributed by atoms with Crippen LogP contribution in [0.5, 0.6) is 5.75 Å². The van der Waals surface area contributed by atoms with Crippen LogP contribution in [0.3, 0.4) is 0 Å². The minimum atomic E-state index is -0.470. The van der Waals surface area contributed by atoms with Gasteiger partial charge in [0, 0.05) is 24.9 Å². The summed E-state index contributed by atoms with van der Waals surface area (Å²) in [5.74, 6) is 0.249. The molecule has 1 aromatic rings. The molecule has 1 aromatic carbocycles. The lowest BCUT2D eigenvalue weighted by atomic mass is 9.79. The molecule has 1 amide bonds. The number of piperidine rings is 1. The van der Waals surface area contributed by atoms with Crippen LogP contribution in [0.15, 0.2) is 18.2 Å².